The Balaban J connectivity index is 2.74. The molecule has 19 heavy (non-hydrogen) atoms. The molecule has 0 amide bonds. The highest BCUT2D eigenvalue weighted by molar-refractivity contribution is 5.47. The van der Waals surface area contributed by atoms with Crippen LogP contribution in [0.15, 0.2) is 6.07 Å². The van der Waals surface area contributed by atoms with Gasteiger partial charge < -0.3 is 15.4 Å². The van der Waals surface area contributed by atoms with Gasteiger partial charge in [0.25, 0.3) is 0 Å². The molecule has 0 atom stereocenters. The molecule has 1 heterocycles. The fraction of sp³-hybridized carbons (Fsp3) is 0.714. The number of hydrogen-bond acceptors (Lipinski definition) is 5. The molecule has 0 aromatic carbocycles. The van der Waals surface area contributed by atoms with E-state index < -0.39 is 0 Å². The van der Waals surface area contributed by atoms with Gasteiger partial charge in [0.05, 0.1) is 5.60 Å². The Morgan fingerprint density at radius 3 is 2.47 bits per heavy atom. The highest BCUT2D eigenvalue weighted by Gasteiger charge is 2.17. The van der Waals surface area contributed by atoms with Crippen LogP contribution in [-0.2, 0) is 11.2 Å². The van der Waals surface area contributed by atoms with Gasteiger partial charge in [0.15, 0.2) is 0 Å². The topological polar surface area (TPSA) is 59.1 Å². The van der Waals surface area contributed by atoms with Crippen molar-refractivity contribution in [1.82, 2.24) is 9.97 Å². The monoisotopic (exact) mass is 266 g/mol. The highest BCUT2D eigenvalue weighted by atomic mass is 16.5. The van der Waals surface area contributed by atoms with Gasteiger partial charge in [-0.3, -0.25) is 0 Å². The molecule has 0 fully saturated rings. The number of aromatic nitrogens is 2. The molecule has 0 spiro atoms. The third-order valence-corrected chi connectivity index (χ3v) is 2.73. The summed E-state index contributed by atoms with van der Waals surface area (Å²) < 4.78 is 5.66. The maximum atomic E-state index is 5.66. The summed E-state index contributed by atoms with van der Waals surface area (Å²) >= 11 is 0. The van der Waals surface area contributed by atoms with Gasteiger partial charge in [-0.2, -0.15) is 0 Å². The van der Waals surface area contributed by atoms with E-state index in [2.05, 4.69) is 41.4 Å². The lowest BCUT2D eigenvalue weighted by atomic mass is 10.1. The van der Waals surface area contributed by atoms with Gasteiger partial charge in [-0.05, 0) is 27.2 Å². The van der Waals surface area contributed by atoms with Crippen LogP contribution in [0.3, 0.4) is 0 Å². The van der Waals surface area contributed by atoms with Crippen molar-refractivity contribution in [3.63, 3.8) is 0 Å². The molecule has 0 aliphatic carbocycles. The molecule has 1 aromatic heterocycles. The number of hydrogen-bond donors (Lipinski definition) is 2. The normalized spacial score (nSPS) is 11.4. The van der Waals surface area contributed by atoms with E-state index in [1.807, 2.05) is 20.0 Å². The number of nitrogens with zero attached hydrogens (tertiary/aromatic N) is 2. The number of nitrogens with one attached hydrogen (secondary N) is 2. The van der Waals surface area contributed by atoms with Crippen molar-refractivity contribution in [3.05, 3.63) is 11.9 Å². The number of rotatable bonds is 8. The Morgan fingerprint density at radius 1 is 1.21 bits per heavy atom. The number of anilines is 2. The first-order chi connectivity index (χ1) is 9.00. The first-order valence-electron chi connectivity index (χ1n) is 6.94. The molecule has 108 valence electrons. The summed E-state index contributed by atoms with van der Waals surface area (Å²) in [7, 11) is 1.87. The average Bonchev–Trinajstić information content (AvgIpc) is 2.36. The van der Waals surface area contributed by atoms with E-state index in [4.69, 9.17) is 4.74 Å². The zero-order chi connectivity index (χ0) is 14.3. The summed E-state index contributed by atoms with van der Waals surface area (Å²) in [5.41, 5.74) is -0.204. The van der Waals surface area contributed by atoms with Crippen molar-refractivity contribution in [2.45, 2.75) is 46.1 Å². The van der Waals surface area contributed by atoms with Crippen molar-refractivity contribution in [2.24, 2.45) is 0 Å². The van der Waals surface area contributed by atoms with Crippen LogP contribution in [0, 0.1) is 0 Å². The molecule has 0 radical (unpaired) electrons. The molecule has 0 aliphatic rings. The van der Waals surface area contributed by atoms with Gasteiger partial charge in [-0.1, -0.05) is 6.92 Å². The summed E-state index contributed by atoms with van der Waals surface area (Å²) in [6.07, 6.45) is 1.93. The van der Waals surface area contributed by atoms with Crippen LogP contribution in [-0.4, -0.2) is 35.8 Å². The molecule has 0 aliphatic heterocycles. The third kappa shape index (κ3) is 5.42. The first kappa shape index (κ1) is 15.7. The first-order valence-corrected chi connectivity index (χ1v) is 6.94. The minimum absolute atomic E-state index is 0.204. The highest BCUT2D eigenvalue weighted by Crippen LogP contribution is 2.15. The molecule has 0 bridgehead atoms. The van der Waals surface area contributed by atoms with Crippen molar-refractivity contribution in [1.29, 1.82) is 0 Å². The van der Waals surface area contributed by atoms with E-state index in [-0.39, 0.29) is 5.60 Å². The molecule has 1 aromatic rings. The molecule has 5 heteroatoms. The van der Waals surface area contributed by atoms with Crippen LogP contribution >= 0.6 is 0 Å². The predicted octanol–water partition coefficient (Wildman–Crippen LogP) is 2.70. The SMILES string of the molecule is CCCc1nc(NC)cc(NCC(C)(C)OCC)n1. The fourth-order valence-electron chi connectivity index (χ4n) is 1.80. The summed E-state index contributed by atoms with van der Waals surface area (Å²) in [6, 6.07) is 1.92. The van der Waals surface area contributed by atoms with Crippen molar-refractivity contribution < 1.29 is 4.74 Å². The molecule has 2 N–H and O–H groups in total. The number of ether oxygens (including phenoxy) is 1. The fourth-order valence-corrected chi connectivity index (χ4v) is 1.80. The summed E-state index contributed by atoms with van der Waals surface area (Å²) in [5, 5.41) is 6.39. The second-order valence-electron chi connectivity index (χ2n) is 5.10. The number of aryl methyl sites for hydroxylation is 1. The van der Waals surface area contributed by atoms with Crippen LogP contribution < -0.4 is 10.6 Å². The van der Waals surface area contributed by atoms with Crippen LogP contribution in [0.1, 0.15) is 39.9 Å². The Labute approximate surface area is 116 Å². The van der Waals surface area contributed by atoms with Crippen LogP contribution in [0.5, 0.6) is 0 Å². The standard InChI is InChI=1S/C14H26N4O/c1-6-8-11-17-12(15-5)9-13(18-11)16-10-14(3,4)19-7-2/h9H,6-8,10H2,1-5H3,(H2,15,16,17,18). The molecule has 0 unspecified atom stereocenters. The Morgan fingerprint density at radius 2 is 1.89 bits per heavy atom. The lowest BCUT2D eigenvalue weighted by Gasteiger charge is -2.25. The maximum Gasteiger partial charge on any atom is 0.133 e. The molecule has 0 saturated carbocycles. The predicted molar refractivity (Wildman–Crippen MR) is 79.8 cm³/mol. The van der Waals surface area contributed by atoms with Crippen molar-refractivity contribution >= 4 is 11.6 Å². The molecular formula is C14H26N4O. The largest absolute Gasteiger partial charge is 0.374 e. The third-order valence-electron chi connectivity index (χ3n) is 2.73. The summed E-state index contributed by atoms with van der Waals surface area (Å²) in [4.78, 5) is 8.95. The van der Waals surface area contributed by atoms with E-state index in [0.717, 1.165) is 30.3 Å². The molecular weight excluding hydrogens is 240 g/mol. The van der Waals surface area contributed by atoms with E-state index in [1.54, 1.807) is 0 Å². The van der Waals surface area contributed by atoms with Crippen molar-refractivity contribution in [3.8, 4) is 0 Å². The zero-order valence-electron chi connectivity index (χ0n) is 12.7. The maximum absolute atomic E-state index is 5.66. The molecule has 0 saturated heterocycles. The lowest BCUT2D eigenvalue weighted by molar-refractivity contribution is 0.000637. The van der Waals surface area contributed by atoms with Gasteiger partial charge >= 0.3 is 0 Å². The van der Waals surface area contributed by atoms with E-state index in [1.165, 1.54) is 0 Å². The second kappa shape index (κ2) is 7.28. The Hall–Kier alpha value is -1.36. The summed E-state index contributed by atoms with van der Waals surface area (Å²) in [5.74, 6) is 2.55. The smallest absolute Gasteiger partial charge is 0.133 e. The van der Waals surface area contributed by atoms with Crippen LogP contribution in [0.25, 0.3) is 0 Å². The van der Waals surface area contributed by atoms with E-state index >= 15 is 0 Å². The average molecular weight is 266 g/mol. The summed E-state index contributed by atoms with van der Waals surface area (Å²) in [6.45, 7) is 9.69. The van der Waals surface area contributed by atoms with Gasteiger partial charge in [0, 0.05) is 32.7 Å². The zero-order valence-corrected chi connectivity index (χ0v) is 12.7. The van der Waals surface area contributed by atoms with Crippen molar-refractivity contribution in [2.75, 3.05) is 30.8 Å². The second-order valence-corrected chi connectivity index (χ2v) is 5.10. The van der Waals surface area contributed by atoms with Crippen LogP contribution in [0.4, 0.5) is 11.6 Å². The van der Waals surface area contributed by atoms with Crippen LogP contribution in [0.2, 0.25) is 0 Å². The minimum atomic E-state index is -0.204. The van der Waals surface area contributed by atoms with Gasteiger partial charge in [-0.25, -0.2) is 9.97 Å². The quantitative estimate of drug-likeness (QED) is 0.757. The Kier molecular flexibility index (Phi) is 6.02. The van der Waals surface area contributed by atoms with E-state index in [0.29, 0.717) is 13.2 Å². The van der Waals surface area contributed by atoms with Gasteiger partial charge in [-0.15, -0.1) is 0 Å². The van der Waals surface area contributed by atoms with Gasteiger partial charge in [0.1, 0.15) is 17.5 Å². The minimum Gasteiger partial charge on any atom is -0.374 e. The van der Waals surface area contributed by atoms with E-state index in [9.17, 15) is 0 Å². The molecule has 1 rings (SSSR count). The Bertz CT molecular complexity index is 393. The lowest BCUT2D eigenvalue weighted by Crippen LogP contribution is -2.33. The molecule has 5 nitrogen and oxygen atoms in total. The van der Waals surface area contributed by atoms with Gasteiger partial charge in [0.2, 0.25) is 0 Å².